The summed E-state index contributed by atoms with van der Waals surface area (Å²) in [4.78, 5) is 2.38. The van der Waals surface area contributed by atoms with Gasteiger partial charge in [-0.3, -0.25) is 0 Å². The molecule has 13 heavy (non-hydrogen) atoms. The first-order valence-electron chi connectivity index (χ1n) is 4.48. The van der Waals surface area contributed by atoms with Crippen LogP contribution in [0.2, 0.25) is 0 Å². The molecule has 0 aliphatic carbocycles. The third-order valence-corrected chi connectivity index (χ3v) is 1.34. The van der Waals surface area contributed by atoms with Gasteiger partial charge in [0, 0.05) is 0 Å². The first-order valence-corrected chi connectivity index (χ1v) is 4.48. The smallest absolute Gasteiger partial charge is 0.00474 e. The van der Waals surface area contributed by atoms with Crippen LogP contribution in [0.5, 0.6) is 0 Å². The molecule has 1 heteroatoms. The van der Waals surface area contributed by atoms with E-state index in [4.69, 9.17) is 0 Å². The van der Waals surface area contributed by atoms with E-state index in [1.165, 1.54) is 26.1 Å². The van der Waals surface area contributed by atoms with E-state index in [9.17, 15) is 0 Å². The lowest BCUT2D eigenvalue weighted by Crippen LogP contribution is -2.21. The molecule has 0 N–H and O–H groups in total. The SMILES string of the molecule is C.C.C.CCC.CCN(CC)CC. The second kappa shape index (κ2) is 29.7. The minimum atomic E-state index is 0. The zero-order valence-electron chi connectivity index (χ0n) is 8.28. The number of nitrogens with zero attached hydrogens (tertiary/aromatic N) is 1. The molecule has 0 saturated carbocycles. The lowest BCUT2D eigenvalue weighted by molar-refractivity contribution is 0.321. The highest BCUT2D eigenvalue weighted by molar-refractivity contribution is 4.43. The van der Waals surface area contributed by atoms with Crippen LogP contribution >= 0.6 is 0 Å². The van der Waals surface area contributed by atoms with Crippen LogP contribution in [-0.2, 0) is 0 Å². The average molecular weight is 193 g/mol. The van der Waals surface area contributed by atoms with Crippen molar-refractivity contribution in [2.24, 2.45) is 0 Å². The third-order valence-electron chi connectivity index (χ3n) is 1.34. The van der Waals surface area contributed by atoms with E-state index in [0.717, 1.165) is 0 Å². The average Bonchev–Trinajstić information content (AvgIpc) is 1.93. The number of hydrogen-bond donors (Lipinski definition) is 0. The van der Waals surface area contributed by atoms with E-state index in [2.05, 4.69) is 39.5 Å². The summed E-state index contributed by atoms with van der Waals surface area (Å²) in [7, 11) is 0. The molecule has 0 rings (SSSR count). The predicted octanol–water partition coefficient (Wildman–Crippen LogP) is 4.67. The van der Waals surface area contributed by atoms with E-state index in [0.29, 0.717) is 0 Å². The first kappa shape index (κ1) is 29.3. The minimum Gasteiger partial charge on any atom is -0.304 e. The number of rotatable bonds is 3. The van der Waals surface area contributed by atoms with Gasteiger partial charge >= 0.3 is 0 Å². The van der Waals surface area contributed by atoms with Crippen LogP contribution in [-0.4, -0.2) is 24.5 Å². The second-order valence-electron chi connectivity index (χ2n) is 2.33. The van der Waals surface area contributed by atoms with Gasteiger partial charge in [-0.15, -0.1) is 0 Å². The van der Waals surface area contributed by atoms with Crippen LogP contribution in [0.25, 0.3) is 0 Å². The van der Waals surface area contributed by atoms with E-state index in [1.807, 2.05) is 0 Å². The summed E-state index contributed by atoms with van der Waals surface area (Å²) in [6, 6.07) is 0. The molecule has 0 unspecified atom stereocenters. The summed E-state index contributed by atoms with van der Waals surface area (Å²) in [5, 5.41) is 0. The van der Waals surface area contributed by atoms with E-state index in [1.54, 1.807) is 0 Å². The summed E-state index contributed by atoms with van der Waals surface area (Å²) in [5.41, 5.74) is 0. The summed E-state index contributed by atoms with van der Waals surface area (Å²) in [5.74, 6) is 0. The normalized spacial score (nSPS) is 6.92. The van der Waals surface area contributed by atoms with Crippen LogP contribution in [0.1, 0.15) is 63.3 Å². The lowest BCUT2D eigenvalue weighted by Gasteiger charge is -2.13. The molecule has 0 aliphatic heterocycles. The van der Waals surface area contributed by atoms with Crippen molar-refractivity contribution in [2.45, 2.75) is 63.3 Å². The van der Waals surface area contributed by atoms with Crippen molar-refractivity contribution in [1.29, 1.82) is 0 Å². The van der Waals surface area contributed by atoms with Crippen molar-refractivity contribution in [2.75, 3.05) is 19.6 Å². The molecule has 0 saturated heterocycles. The van der Waals surface area contributed by atoms with Crippen LogP contribution in [0.4, 0.5) is 0 Å². The van der Waals surface area contributed by atoms with Gasteiger partial charge in [-0.25, -0.2) is 0 Å². The van der Waals surface area contributed by atoms with Crippen LogP contribution in [0.3, 0.4) is 0 Å². The molecular formula is C12H35N. The predicted molar refractivity (Wildman–Crippen MR) is 69.6 cm³/mol. The summed E-state index contributed by atoms with van der Waals surface area (Å²) in [6.07, 6.45) is 1.25. The fraction of sp³-hybridized carbons (Fsp3) is 1.00. The fourth-order valence-corrected chi connectivity index (χ4v) is 0.671. The molecule has 0 aromatic heterocycles. The molecule has 0 amide bonds. The van der Waals surface area contributed by atoms with Gasteiger partial charge < -0.3 is 4.90 Å². The molecular weight excluding hydrogens is 158 g/mol. The Morgan fingerprint density at radius 1 is 0.615 bits per heavy atom. The van der Waals surface area contributed by atoms with Crippen molar-refractivity contribution in [1.82, 2.24) is 4.90 Å². The maximum Gasteiger partial charge on any atom is -0.00474 e. The summed E-state index contributed by atoms with van der Waals surface area (Å²) in [6.45, 7) is 14.4. The molecule has 0 aliphatic rings. The molecule has 0 radical (unpaired) electrons. The highest BCUT2D eigenvalue weighted by Crippen LogP contribution is 1.81. The first-order chi connectivity index (χ1) is 4.76. The second-order valence-corrected chi connectivity index (χ2v) is 2.33. The topological polar surface area (TPSA) is 3.24 Å². The molecule has 88 valence electrons. The molecule has 0 bridgehead atoms. The maximum atomic E-state index is 2.38. The Bertz CT molecular complexity index is 34.9. The molecule has 0 fully saturated rings. The lowest BCUT2D eigenvalue weighted by atomic mass is 10.5. The number of hydrogen-bond acceptors (Lipinski definition) is 1. The van der Waals surface area contributed by atoms with Crippen molar-refractivity contribution < 1.29 is 0 Å². The minimum absolute atomic E-state index is 0. The van der Waals surface area contributed by atoms with Gasteiger partial charge in [0.2, 0.25) is 0 Å². The molecule has 0 aromatic carbocycles. The van der Waals surface area contributed by atoms with Gasteiger partial charge in [-0.1, -0.05) is 63.3 Å². The Morgan fingerprint density at radius 3 is 0.769 bits per heavy atom. The third kappa shape index (κ3) is 33.4. The van der Waals surface area contributed by atoms with Gasteiger partial charge in [-0.2, -0.15) is 0 Å². The van der Waals surface area contributed by atoms with E-state index >= 15 is 0 Å². The Kier molecular flexibility index (Phi) is 66.7. The van der Waals surface area contributed by atoms with Crippen LogP contribution in [0, 0.1) is 0 Å². The standard InChI is InChI=1S/C6H15N.C3H8.3CH4/c1-4-7(5-2)6-3;1-3-2;;;/h4-6H2,1-3H3;3H2,1-2H3;3*1H4. The van der Waals surface area contributed by atoms with Gasteiger partial charge in [0.05, 0.1) is 0 Å². The maximum absolute atomic E-state index is 2.38. The van der Waals surface area contributed by atoms with Crippen molar-refractivity contribution >= 4 is 0 Å². The van der Waals surface area contributed by atoms with Crippen molar-refractivity contribution in [3.8, 4) is 0 Å². The van der Waals surface area contributed by atoms with Gasteiger partial charge in [0.25, 0.3) is 0 Å². The quantitative estimate of drug-likeness (QED) is 0.629. The molecule has 0 spiro atoms. The van der Waals surface area contributed by atoms with Crippen LogP contribution < -0.4 is 0 Å². The summed E-state index contributed by atoms with van der Waals surface area (Å²) >= 11 is 0. The Labute approximate surface area is 88.5 Å². The molecule has 0 atom stereocenters. The molecule has 1 nitrogen and oxygen atoms in total. The van der Waals surface area contributed by atoms with Gasteiger partial charge in [-0.05, 0) is 19.6 Å². The van der Waals surface area contributed by atoms with Crippen molar-refractivity contribution in [3.63, 3.8) is 0 Å². The molecule has 0 heterocycles. The van der Waals surface area contributed by atoms with E-state index < -0.39 is 0 Å². The summed E-state index contributed by atoms with van der Waals surface area (Å²) < 4.78 is 0. The van der Waals surface area contributed by atoms with Gasteiger partial charge in [0.1, 0.15) is 0 Å². The Hall–Kier alpha value is -0.0400. The monoisotopic (exact) mass is 193 g/mol. The zero-order chi connectivity index (χ0) is 8.41. The van der Waals surface area contributed by atoms with Crippen molar-refractivity contribution in [3.05, 3.63) is 0 Å². The van der Waals surface area contributed by atoms with Crippen LogP contribution in [0.15, 0.2) is 0 Å². The Morgan fingerprint density at radius 2 is 0.769 bits per heavy atom. The highest BCUT2D eigenvalue weighted by Gasteiger charge is 1.89. The fourth-order valence-electron chi connectivity index (χ4n) is 0.671. The zero-order valence-corrected chi connectivity index (χ0v) is 8.28. The van der Waals surface area contributed by atoms with E-state index in [-0.39, 0.29) is 22.3 Å². The highest BCUT2D eigenvalue weighted by atomic mass is 15.1. The van der Waals surface area contributed by atoms with Gasteiger partial charge in [0.15, 0.2) is 0 Å². The molecule has 0 aromatic rings. The Balaban J connectivity index is -0.0000000320. The largest absolute Gasteiger partial charge is 0.304 e.